The molecule has 2 rings (SSSR count). The fraction of sp³-hybridized carbons (Fsp3) is 0.143. The van der Waals surface area contributed by atoms with Crippen molar-refractivity contribution >= 4 is 22.5 Å². The minimum absolute atomic E-state index is 0.0669. The van der Waals surface area contributed by atoms with Gasteiger partial charge in [0.2, 0.25) is 5.91 Å². The second-order valence-electron chi connectivity index (χ2n) is 3.85. The quantitative estimate of drug-likeness (QED) is 0.819. The van der Waals surface area contributed by atoms with E-state index in [-0.39, 0.29) is 5.78 Å². The van der Waals surface area contributed by atoms with Crippen LogP contribution in [-0.4, -0.2) is 11.7 Å². The highest BCUT2D eigenvalue weighted by molar-refractivity contribution is 6.14. The Morgan fingerprint density at radius 1 is 1.00 bits per heavy atom. The number of hydrogen-bond acceptors (Lipinski definition) is 2. The zero-order valence-electron chi connectivity index (χ0n) is 9.57. The van der Waals surface area contributed by atoms with Crippen molar-refractivity contribution < 1.29 is 9.59 Å². The standard InChI is InChI=1S/C14H13NO2/c1-2-13(16)11-7-8-12(14(15)17)10-6-4-3-5-9(10)11/h3-8H,2H2,1H3,(H2,15,17). The van der Waals surface area contributed by atoms with E-state index in [0.717, 1.165) is 10.8 Å². The van der Waals surface area contributed by atoms with Gasteiger partial charge < -0.3 is 5.73 Å². The van der Waals surface area contributed by atoms with Gasteiger partial charge in [-0.05, 0) is 22.9 Å². The summed E-state index contributed by atoms with van der Waals surface area (Å²) in [4.78, 5) is 23.1. The summed E-state index contributed by atoms with van der Waals surface area (Å²) in [5.41, 5.74) is 6.41. The average molecular weight is 227 g/mol. The van der Waals surface area contributed by atoms with E-state index < -0.39 is 5.91 Å². The summed E-state index contributed by atoms with van der Waals surface area (Å²) in [6.45, 7) is 1.82. The Morgan fingerprint density at radius 2 is 1.53 bits per heavy atom. The smallest absolute Gasteiger partial charge is 0.249 e. The van der Waals surface area contributed by atoms with Crippen molar-refractivity contribution in [1.82, 2.24) is 0 Å². The summed E-state index contributed by atoms with van der Waals surface area (Å²) in [6.07, 6.45) is 0.444. The molecule has 2 aromatic rings. The minimum Gasteiger partial charge on any atom is -0.366 e. The largest absolute Gasteiger partial charge is 0.366 e. The van der Waals surface area contributed by atoms with Gasteiger partial charge in [-0.15, -0.1) is 0 Å². The molecule has 86 valence electrons. The van der Waals surface area contributed by atoms with E-state index in [1.54, 1.807) is 12.1 Å². The van der Waals surface area contributed by atoms with Gasteiger partial charge in [0.25, 0.3) is 0 Å². The van der Waals surface area contributed by atoms with Gasteiger partial charge in [-0.1, -0.05) is 31.2 Å². The van der Waals surface area contributed by atoms with Crippen LogP contribution in [0, 0.1) is 0 Å². The zero-order chi connectivity index (χ0) is 12.4. The molecule has 0 spiro atoms. The number of fused-ring (bicyclic) bond motifs is 1. The van der Waals surface area contributed by atoms with Gasteiger partial charge in [-0.25, -0.2) is 0 Å². The molecule has 0 bridgehead atoms. The van der Waals surface area contributed by atoms with E-state index in [1.807, 2.05) is 31.2 Å². The van der Waals surface area contributed by atoms with Crippen molar-refractivity contribution in [3.8, 4) is 0 Å². The molecule has 1 amide bonds. The van der Waals surface area contributed by atoms with E-state index in [0.29, 0.717) is 17.5 Å². The van der Waals surface area contributed by atoms with Crippen molar-refractivity contribution in [2.45, 2.75) is 13.3 Å². The van der Waals surface area contributed by atoms with Gasteiger partial charge in [0, 0.05) is 17.5 Å². The molecule has 3 nitrogen and oxygen atoms in total. The summed E-state index contributed by atoms with van der Waals surface area (Å²) in [5, 5.41) is 1.52. The number of amides is 1. The summed E-state index contributed by atoms with van der Waals surface area (Å²) >= 11 is 0. The van der Waals surface area contributed by atoms with Crippen LogP contribution >= 0.6 is 0 Å². The van der Waals surface area contributed by atoms with Gasteiger partial charge in [0.05, 0.1) is 0 Å². The van der Waals surface area contributed by atoms with Gasteiger partial charge in [-0.2, -0.15) is 0 Å². The predicted octanol–water partition coefficient (Wildman–Crippen LogP) is 2.53. The molecule has 2 aromatic carbocycles. The zero-order valence-corrected chi connectivity index (χ0v) is 9.57. The lowest BCUT2D eigenvalue weighted by atomic mass is 9.96. The van der Waals surface area contributed by atoms with Crippen LogP contribution in [0.2, 0.25) is 0 Å². The molecule has 0 aromatic heterocycles. The van der Waals surface area contributed by atoms with E-state index in [2.05, 4.69) is 0 Å². The lowest BCUT2D eigenvalue weighted by Gasteiger charge is -2.07. The molecular formula is C14H13NO2. The van der Waals surface area contributed by atoms with Gasteiger partial charge in [-0.3, -0.25) is 9.59 Å². The first kappa shape index (κ1) is 11.3. The third-order valence-electron chi connectivity index (χ3n) is 2.81. The van der Waals surface area contributed by atoms with Crippen LogP contribution in [0.25, 0.3) is 10.8 Å². The Labute approximate surface area is 99.2 Å². The molecule has 0 aliphatic carbocycles. The van der Waals surface area contributed by atoms with Crippen molar-refractivity contribution in [1.29, 1.82) is 0 Å². The van der Waals surface area contributed by atoms with Crippen LogP contribution in [0.1, 0.15) is 34.1 Å². The number of Topliss-reactive ketones (excluding diaryl/α,β-unsaturated/α-hetero) is 1. The molecule has 0 unspecified atom stereocenters. The highest BCUT2D eigenvalue weighted by atomic mass is 16.1. The maximum atomic E-state index is 11.8. The molecule has 0 radical (unpaired) electrons. The van der Waals surface area contributed by atoms with Gasteiger partial charge >= 0.3 is 0 Å². The number of primary amides is 1. The molecule has 0 heterocycles. The maximum absolute atomic E-state index is 11.8. The number of carbonyl (C=O) groups is 2. The van der Waals surface area contributed by atoms with E-state index in [4.69, 9.17) is 5.73 Å². The summed E-state index contributed by atoms with van der Waals surface area (Å²) in [7, 11) is 0. The van der Waals surface area contributed by atoms with E-state index in [1.165, 1.54) is 0 Å². The number of ketones is 1. The molecule has 2 N–H and O–H groups in total. The first-order valence-electron chi connectivity index (χ1n) is 5.50. The molecule has 0 aliphatic rings. The van der Waals surface area contributed by atoms with Crippen LogP contribution < -0.4 is 5.73 Å². The Balaban J connectivity index is 2.79. The number of rotatable bonds is 3. The summed E-state index contributed by atoms with van der Waals surface area (Å²) < 4.78 is 0. The van der Waals surface area contributed by atoms with E-state index >= 15 is 0 Å². The molecule has 0 fully saturated rings. The third kappa shape index (κ3) is 1.91. The second-order valence-corrected chi connectivity index (χ2v) is 3.85. The molecule has 3 heteroatoms. The fourth-order valence-electron chi connectivity index (χ4n) is 1.95. The Hall–Kier alpha value is -2.16. The number of nitrogens with two attached hydrogens (primary N) is 1. The first-order valence-corrected chi connectivity index (χ1v) is 5.50. The van der Waals surface area contributed by atoms with Crippen molar-refractivity contribution in [2.75, 3.05) is 0 Å². The average Bonchev–Trinajstić information content (AvgIpc) is 2.36. The predicted molar refractivity (Wildman–Crippen MR) is 67.1 cm³/mol. The number of carbonyl (C=O) groups excluding carboxylic acids is 2. The summed E-state index contributed by atoms with van der Waals surface area (Å²) in [5.74, 6) is -0.408. The molecule has 0 atom stereocenters. The number of hydrogen-bond donors (Lipinski definition) is 1. The monoisotopic (exact) mass is 227 g/mol. The van der Waals surface area contributed by atoms with Crippen LogP contribution in [0.5, 0.6) is 0 Å². The van der Waals surface area contributed by atoms with Crippen LogP contribution in [-0.2, 0) is 0 Å². The maximum Gasteiger partial charge on any atom is 0.249 e. The summed E-state index contributed by atoms with van der Waals surface area (Å²) in [6, 6.07) is 10.6. The van der Waals surface area contributed by atoms with Crippen LogP contribution in [0.15, 0.2) is 36.4 Å². The van der Waals surface area contributed by atoms with E-state index in [9.17, 15) is 9.59 Å². The SMILES string of the molecule is CCC(=O)c1ccc(C(N)=O)c2ccccc12. The van der Waals surface area contributed by atoms with Gasteiger partial charge in [0.1, 0.15) is 0 Å². The van der Waals surface area contributed by atoms with Crippen LogP contribution in [0.4, 0.5) is 0 Å². The van der Waals surface area contributed by atoms with Crippen molar-refractivity contribution in [2.24, 2.45) is 5.73 Å². The minimum atomic E-state index is -0.475. The lowest BCUT2D eigenvalue weighted by molar-refractivity contribution is 0.0983. The molecule has 0 saturated carbocycles. The van der Waals surface area contributed by atoms with Crippen LogP contribution in [0.3, 0.4) is 0 Å². The third-order valence-corrected chi connectivity index (χ3v) is 2.81. The normalized spacial score (nSPS) is 10.4. The van der Waals surface area contributed by atoms with Crippen molar-refractivity contribution in [3.05, 3.63) is 47.5 Å². The molecule has 17 heavy (non-hydrogen) atoms. The topological polar surface area (TPSA) is 60.2 Å². The highest BCUT2D eigenvalue weighted by Gasteiger charge is 2.12. The Kier molecular flexibility index (Phi) is 2.91. The second kappa shape index (κ2) is 4.37. The highest BCUT2D eigenvalue weighted by Crippen LogP contribution is 2.23. The first-order chi connectivity index (χ1) is 8.15. The Bertz CT molecular complexity index is 602. The van der Waals surface area contributed by atoms with Crippen molar-refractivity contribution in [3.63, 3.8) is 0 Å². The Morgan fingerprint density at radius 3 is 2.06 bits per heavy atom. The molecule has 0 aliphatic heterocycles. The lowest BCUT2D eigenvalue weighted by Crippen LogP contribution is -2.12. The van der Waals surface area contributed by atoms with Gasteiger partial charge in [0.15, 0.2) is 5.78 Å². The molecule has 0 saturated heterocycles. The number of benzene rings is 2. The molecular weight excluding hydrogens is 214 g/mol. The fourth-order valence-corrected chi connectivity index (χ4v) is 1.95.